The number of cyclic esters (lactones) is 1. The molecule has 7 heteroatoms. The molecule has 6 nitrogen and oxygen atoms in total. The van der Waals surface area contributed by atoms with E-state index in [9.17, 15) is 9.90 Å². The van der Waals surface area contributed by atoms with Crippen molar-refractivity contribution in [3.63, 3.8) is 0 Å². The Morgan fingerprint density at radius 2 is 2.08 bits per heavy atom. The number of carbonyl (C=O) groups is 1. The van der Waals surface area contributed by atoms with Crippen molar-refractivity contribution in [2.45, 2.75) is 57.8 Å². The maximum absolute atomic E-state index is 11.5. The number of hydrogen-bond donors (Lipinski definition) is 1. The second kappa shape index (κ2) is 7.54. The van der Waals surface area contributed by atoms with Gasteiger partial charge in [-0.3, -0.25) is 4.79 Å². The Balaban J connectivity index is 1.82. The minimum absolute atomic E-state index is 0.0814. The lowest BCUT2D eigenvalue weighted by Crippen LogP contribution is -2.33. The zero-order valence-electron chi connectivity index (χ0n) is 14.4. The van der Waals surface area contributed by atoms with Crippen LogP contribution in [-0.4, -0.2) is 38.3 Å². The SMILES string of the molecule is CC(C)n1nnc(-c2ccc(Cl)cc2)c1CCC1CC(O)CC(=O)O1. The van der Waals surface area contributed by atoms with E-state index in [1.54, 1.807) is 0 Å². The van der Waals surface area contributed by atoms with Crippen LogP contribution in [0.4, 0.5) is 0 Å². The summed E-state index contributed by atoms with van der Waals surface area (Å²) in [7, 11) is 0. The molecule has 25 heavy (non-hydrogen) atoms. The molecule has 134 valence electrons. The van der Waals surface area contributed by atoms with E-state index in [0.29, 0.717) is 24.3 Å². The molecular weight excluding hydrogens is 342 g/mol. The lowest BCUT2D eigenvalue weighted by Gasteiger charge is -2.26. The lowest BCUT2D eigenvalue weighted by atomic mass is 9.99. The van der Waals surface area contributed by atoms with E-state index < -0.39 is 6.10 Å². The zero-order valence-corrected chi connectivity index (χ0v) is 15.1. The first-order valence-electron chi connectivity index (χ1n) is 8.51. The molecule has 1 saturated heterocycles. The maximum atomic E-state index is 11.5. The fourth-order valence-corrected chi connectivity index (χ4v) is 3.25. The molecule has 1 aliphatic rings. The van der Waals surface area contributed by atoms with E-state index in [4.69, 9.17) is 16.3 Å². The van der Waals surface area contributed by atoms with Crippen LogP contribution in [0.2, 0.25) is 5.02 Å². The summed E-state index contributed by atoms with van der Waals surface area (Å²) in [6.45, 7) is 4.10. The van der Waals surface area contributed by atoms with Crippen LogP contribution in [0.1, 0.15) is 44.8 Å². The minimum Gasteiger partial charge on any atom is -0.462 e. The van der Waals surface area contributed by atoms with Crippen LogP contribution < -0.4 is 0 Å². The molecule has 2 aromatic rings. The highest BCUT2D eigenvalue weighted by Gasteiger charge is 2.28. The van der Waals surface area contributed by atoms with Crippen molar-refractivity contribution in [1.29, 1.82) is 0 Å². The Labute approximate surface area is 151 Å². The monoisotopic (exact) mass is 363 g/mol. The van der Waals surface area contributed by atoms with Gasteiger partial charge in [-0.25, -0.2) is 4.68 Å². The van der Waals surface area contributed by atoms with Crippen LogP contribution in [0.25, 0.3) is 11.3 Å². The fourth-order valence-electron chi connectivity index (χ4n) is 3.13. The minimum atomic E-state index is -0.616. The van der Waals surface area contributed by atoms with Crippen LogP contribution in [0.5, 0.6) is 0 Å². The van der Waals surface area contributed by atoms with E-state index in [-0.39, 0.29) is 24.5 Å². The molecule has 1 aromatic heterocycles. The summed E-state index contributed by atoms with van der Waals surface area (Å²) in [5, 5.41) is 19.1. The Bertz CT molecular complexity index is 743. The van der Waals surface area contributed by atoms with E-state index in [1.165, 1.54) is 0 Å². The number of hydrogen-bond acceptors (Lipinski definition) is 5. The van der Waals surface area contributed by atoms with Gasteiger partial charge in [-0.1, -0.05) is 28.9 Å². The second-order valence-electron chi connectivity index (χ2n) is 6.67. The highest BCUT2D eigenvalue weighted by molar-refractivity contribution is 6.30. The molecule has 0 amide bonds. The van der Waals surface area contributed by atoms with Gasteiger partial charge in [0.15, 0.2) is 0 Å². The summed E-state index contributed by atoms with van der Waals surface area (Å²) >= 11 is 5.97. The topological polar surface area (TPSA) is 77.2 Å². The summed E-state index contributed by atoms with van der Waals surface area (Å²) < 4.78 is 7.24. The van der Waals surface area contributed by atoms with Gasteiger partial charge in [-0.15, -0.1) is 5.10 Å². The molecule has 2 unspecified atom stereocenters. The third-order valence-corrected chi connectivity index (χ3v) is 4.59. The zero-order chi connectivity index (χ0) is 18.0. The van der Waals surface area contributed by atoms with Crippen LogP contribution in [-0.2, 0) is 16.0 Å². The van der Waals surface area contributed by atoms with Crippen LogP contribution in [0.3, 0.4) is 0 Å². The number of aliphatic hydroxyl groups is 1. The molecule has 3 rings (SSSR count). The first-order valence-corrected chi connectivity index (χ1v) is 8.89. The van der Waals surface area contributed by atoms with Gasteiger partial charge in [0.05, 0.1) is 18.2 Å². The van der Waals surface area contributed by atoms with Crippen molar-refractivity contribution < 1.29 is 14.6 Å². The van der Waals surface area contributed by atoms with Gasteiger partial charge in [0, 0.05) is 23.0 Å². The first-order chi connectivity index (χ1) is 11.9. The quantitative estimate of drug-likeness (QED) is 0.825. The third kappa shape index (κ3) is 4.19. The van der Waals surface area contributed by atoms with Crippen molar-refractivity contribution in [2.24, 2.45) is 0 Å². The highest BCUT2D eigenvalue weighted by Crippen LogP contribution is 2.27. The van der Waals surface area contributed by atoms with E-state index in [0.717, 1.165) is 17.0 Å². The predicted molar refractivity (Wildman–Crippen MR) is 94.3 cm³/mol. The number of aromatic nitrogens is 3. The normalized spacial score (nSPS) is 20.8. The molecular formula is C18H22ClN3O3. The average molecular weight is 364 g/mol. The molecule has 0 radical (unpaired) electrons. The Kier molecular flexibility index (Phi) is 5.39. The largest absolute Gasteiger partial charge is 0.462 e. The number of carbonyl (C=O) groups excluding carboxylic acids is 1. The van der Waals surface area contributed by atoms with Crippen molar-refractivity contribution in [1.82, 2.24) is 15.0 Å². The number of ether oxygens (including phenoxy) is 1. The van der Waals surface area contributed by atoms with Crippen molar-refractivity contribution in [2.75, 3.05) is 0 Å². The van der Waals surface area contributed by atoms with Crippen LogP contribution in [0, 0.1) is 0 Å². The summed E-state index contributed by atoms with van der Waals surface area (Å²) in [6, 6.07) is 7.67. The maximum Gasteiger partial charge on any atom is 0.308 e. The number of nitrogens with zero attached hydrogens (tertiary/aromatic N) is 3. The molecule has 0 saturated carbocycles. The molecule has 1 fully saturated rings. The van der Waals surface area contributed by atoms with E-state index >= 15 is 0 Å². The van der Waals surface area contributed by atoms with Gasteiger partial charge in [-0.2, -0.15) is 0 Å². The van der Waals surface area contributed by atoms with E-state index in [2.05, 4.69) is 10.3 Å². The summed E-state index contributed by atoms with van der Waals surface area (Å²) in [5.74, 6) is -0.336. The fraction of sp³-hybridized carbons (Fsp3) is 0.500. The third-order valence-electron chi connectivity index (χ3n) is 4.34. The van der Waals surface area contributed by atoms with Crippen LogP contribution >= 0.6 is 11.6 Å². The Hall–Kier alpha value is -1.92. The van der Waals surface area contributed by atoms with Gasteiger partial charge >= 0.3 is 5.97 Å². The van der Waals surface area contributed by atoms with Gasteiger partial charge in [-0.05, 0) is 38.8 Å². The highest BCUT2D eigenvalue weighted by atomic mass is 35.5. The summed E-state index contributed by atoms with van der Waals surface area (Å²) in [5.41, 5.74) is 2.76. The molecule has 0 bridgehead atoms. The number of aliphatic hydroxyl groups excluding tert-OH is 1. The van der Waals surface area contributed by atoms with Crippen molar-refractivity contribution >= 4 is 17.6 Å². The number of halogens is 1. The van der Waals surface area contributed by atoms with Gasteiger partial charge in [0.1, 0.15) is 11.8 Å². The predicted octanol–water partition coefficient (Wildman–Crippen LogP) is 3.18. The lowest BCUT2D eigenvalue weighted by molar-refractivity contribution is -0.160. The smallest absolute Gasteiger partial charge is 0.308 e. The standard InChI is InChI=1S/C18H22ClN3O3/c1-11(2)22-16(8-7-15-9-14(23)10-17(24)25-15)18(20-21-22)12-3-5-13(19)6-4-12/h3-6,11,14-15,23H,7-10H2,1-2H3. The first kappa shape index (κ1) is 17.9. The van der Waals surface area contributed by atoms with Gasteiger partial charge in [0.2, 0.25) is 0 Å². The van der Waals surface area contributed by atoms with Crippen molar-refractivity contribution in [3.8, 4) is 11.3 Å². The average Bonchev–Trinajstić information content (AvgIpc) is 2.97. The summed E-state index contributed by atoms with van der Waals surface area (Å²) in [4.78, 5) is 11.5. The number of rotatable bonds is 5. The number of esters is 1. The van der Waals surface area contributed by atoms with Gasteiger partial charge in [0.25, 0.3) is 0 Å². The van der Waals surface area contributed by atoms with Crippen molar-refractivity contribution in [3.05, 3.63) is 35.0 Å². The molecule has 2 atom stereocenters. The molecule has 1 N–H and O–H groups in total. The van der Waals surface area contributed by atoms with E-state index in [1.807, 2.05) is 42.8 Å². The molecule has 0 spiro atoms. The van der Waals surface area contributed by atoms with Crippen LogP contribution in [0.15, 0.2) is 24.3 Å². The van der Waals surface area contributed by atoms with Gasteiger partial charge < -0.3 is 9.84 Å². The molecule has 0 aliphatic carbocycles. The Morgan fingerprint density at radius 3 is 2.72 bits per heavy atom. The molecule has 2 heterocycles. The Morgan fingerprint density at radius 1 is 1.36 bits per heavy atom. The second-order valence-corrected chi connectivity index (χ2v) is 7.11. The molecule has 1 aliphatic heterocycles. The summed E-state index contributed by atoms with van der Waals surface area (Å²) in [6.07, 6.45) is 0.959. The molecule has 1 aromatic carbocycles. The number of benzene rings is 1.